The zero-order chi connectivity index (χ0) is 14.6. The van der Waals surface area contributed by atoms with Crippen LogP contribution in [0.3, 0.4) is 0 Å². The summed E-state index contributed by atoms with van der Waals surface area (Å²) in [6.07, 6.45) is 2.42. The van der Waals surface area contributed by atoms with Crippen LogP contribution in [0.25, 0.3) is 0 Å². The lowest BCUT2D eigenvalue weighted by atomic mass is 10.2. The van der Waals surface area contributed by atoms with E-state index in [1.54, 1.807) is 12.1 Å². The van der Waals surface area contributed by atoms with Crippen molar-refractivity contribution in [2.24, 2.45) is 0 Å². The molecular weight excluding hydrogens is 344 g/mol. The van der Waals surface area contributed by atoms with Crippen LogP contribution in [0.15, 0.2) is 27.6 Å². The zero-order valence-corrected chi connectivity index (χ0v) is 13.8. The van der Waals surface area contributed by atoms with Crippen molar-refractivity contribution in [3.63, 3.8) is 0 Å². The van der Waals surface area contributed by atoms with Gasteiger partial charge in [0.2, 0.25) is 10.0 Å². The molecule has 0 bridgehead atoms. The maximum atomic E-state index is 12.2. The van der Waals surface area contributed by atoms with Crippen molar-refractivity contribution in [2.45, 2.75) is 30.3 Å². The zero-order valence-electron chi connectivity index (χ0n) is 11.4. The van der Waals surface area contributed by atoms with Crippen LogP contribution in [-0.2, 0) is 21.3 Å². The van der Waals surface area contributed by atoms with E-state index < -0.39 is 10.0 Å². The Bertz CT molecular complexity index is 559. The average Bonchev–Trinajstić information content (AvgIpc) is 3.22. The van der Waals surface area contributed by atoms with E-state index in [2.05, 4.69) is 26.0 Å². The average molecular weight is 363 g/mol. The third kappa shape index (κ3) is 4.53. The second-order valence-corrected chi connectivity index (χ2v) is 7.40. The number of ether oxygens (including phenoxy) is 1. The lowest BCUT2D eigenvalue weighted by Gasteiger charge is -2.10. The molecule has 0 atom stereocenters. The van der Waals surface area contributed by atoms with Gasteiger partial charge in [0.05, 0.1) is 11.5 Å². The number of rotatable bonds is 8. The first-order valence-electron chi connectivity index (χ1n) is 6.53. The lowest BCUT2D eigenvalue weighted by molar-refractivity contribution is 0.204. The fourth-order valence-corrected chi connectivity index (χ4v) is 3.79. The molecule has 0 heterocycles. The van der Waals surface area contributed by atoms with Gasteiger partial charge in [-0.05, 0) is 46.5 Å². The summed E-state index contributed by atoms with van der Waals surface area (Å²) in [4.78, 5) is 0.267. The van der Waals surface area contributed by atoms with Gasteiger partial charge in [-0.15, -0.1) is 0 Å². The highest BCUT2D eigenvalue weighted by Crippen LogP contribution is 2.24. The lowest BCUT2D eigenvalue weighted by Crippen LogP contribution is -2.27. The van der Waals surface area contributed by atoms with E-state index in [9.17, 15) is 8.42 Å². The normalized spacial score (nSPS) is 15.5. The number of nitrogens with one attached hydrogen (secondary N) is 2. The van der Waals surface area contributed by atoms with Gasteiger partial charge in [-0.25, -0.2) is 13.1 Å². The molecule has 0 aromatic heterocycles. The molecule has 0 unspecified atom stereocenters. The molecule has 112 valence electrons. The van der Waals surface area contributed by atoms with E-state index in [0.717, 1.165) is 5.56 Å². The Morgan fingerprint density at radius 3 is 2.80 bits per heavy atom. The first-order chi connectivity index (χ1) is 9.53. The largest absolute Gasteiger partial charge is 0.383 e. The predicted octanol–water partition coefficient (Wildman–Crippen LogP) is 1.63. The predicted molar refractivity (Wildman–Crippen MR) is 81.1 cm³/mol. The van der Waals surface area contributed by atoms with Gasteiger partial charge >= 0.3 is 0 Å². The summed E-state index contributed by atoms with van der Waals surface area (Å²) in [6, 6.07) is 6.00. The molecule has 2 N–H and O–H groups in total. The monoisotopic (exact) mass is 362 g/mol. The van der Waals surface area contributed by atoms with Crippen molar-refractivity contribution in [1.29, 1.82) is 0 Å². The van der Waals surface area contributed by atoms with Gasteiger partial charge < -0.3 is 10.1 Å². The fraction of sp³-hybridized carbons (Fsp3) is 0.538. The van der Waals surface area contributed by atoms with Crippen molar-refractivity contribution in [3.8, 4) is 0 Å². The number of sulfonamides is 1. The quantitative estimate of drug-likeness (QED) is 0.689. The molecule has 1 aliphatic rings. The Morgan fingerprint density at radius 1 is 1.40 bits per heavy atom. The number of benzene rings is 1. The Morgan fingerprint density at radius 2 is 2.15 bits per heavy atom. The Hall–Kier alpha value is -0.470. The third-order valence-corrected chi connectivity index (χ3v) is 5.51. The van der Waals surface area contributed by atoms with Gasteiger partial charge in [-0.2, -0.15) is 0 Å². The molecule has 20 heavy (non-hydrogen) atoms. The van der Waals surface area contributed by atoms with E-state index in [4.69, 9.17) is 4.74 Å². The molecule has 1 fully saturated rings. The van der Waals surface area contributed by atoms with Crippen LogP contribution >= 0.6 is 15.9 Å². The van der Waals surface area contributed by atoms with E-state index in [0.29, 0.717) is 23.7 Å². The van der Waals surface area contributed by atoms with E-state index in [-0.39, 0.29) is 11.4 Å². The second kappa shape index (κ2) is 7.00. The van der Waals surface area contributed by atoms with Crippen molar-refractivity contribution in [3.05, 3.63) is 28.2 Å². The van der Waals surface area contributed by atoms with E-state index in [1.165, 1.54) is 20.0 Å². The first-order valence-corrected chi connectivity index (χ1v) is 8.81. The SMILES string of the molecule is COCCNS(=O)(=O)c1cc(CNC2CC2)ccc1Br. The molecule has 1 aliphatic carbocycles. The number of methoxy groups -OCH3 is 1. The second-order valence-electron chi connectivity index (χ2n) is 4.81. The van der Waals surface area contributed by atoms with Crippen LogP contribution in [0.2, 0.25) is 0 Å². The van der Waals surface area contributed by atoms with Crippen molar-refractivity contribution < 1.29 is 13.2 Å². The highest BCUT2D eigenvalue weighted by Gasteiger charge is 2.21. The van der Waals surface area contributed by atoms with Gasteiger partial charge in [0.15, 0.2) is 0 Å². The Labute approximate surface area is 128 Å². The fourth-order valence-electron chi connectivity index (χ4n) is 1.77. The van der Waals surface area contributed by atoms with Gasteiger partial charge in [-0.1, -0.05) is 6.07 Å². The molecule has 5 nitrogen and oxygen atoms in total. The van der Waals surface area contributed by atoms with Gasteiger partial charge in [-0.3, -0.25) is 0 Å². The molecule has 0 aliphatic heterocycles. The maximum Gasteiger partial charge on any atom is 0.241 e. The van der Waals surface area contributed by atoms with Crippen molar-refractivity contribution in [1.82, 2.24) is 10.0 Å². The number of hydrogen-bond donors (Lipinski definition) is 2. The molecule has 7 heteroatoms. The Balaban J connectivity index is 2.09. The summed E-state index contributed by atoms with van der Waals surface area (Å²) >= 11 is 3.30. The molecule has 1 aromatic rings. The van der Waals surface area contributed by atoms with Crippen LogP contribution < -0.4 is 10.0 Å². The maximum absolute atomic E-state index is 12.2. The smallest absolute Gasteiger partial charge is 0.241 e. The minimum atomic E-state index is -3.51. The minimum absolute atomic E-state index is 0.260. The molecular formula is C13H19BrN2O3S. The van der Waals surface area contributed by atoms with Crippen LogP contribution in [0.1, 0.15) is 18.4 Å². The summed E-state index contributed by atoms with van der Waals surface area (Å²) < 4.78 is 32.4. The van der Waals surface area contributed by atoms with E-state index in [1.807, 2.05) is 6.07 Å². The summed E-state index contributed by atoms with van der Waals surface area (Å²) in [6.45, 7) is 1.30. The topological polar surface area (TPSA) is 67.4 Å². The van der Waals surface area contributed by atoms with Crippen LogP contribution in [0, 0.1) is 0 Å². The first kappa shape index (κ1) is 15.9. The van der Waals surface area contributed by atoms with Crippen molar-refractivity contribution in [2.75, 3.05) is 20.3 Å². The van der Waals surface area contributed by atoms with Crippen LogP contribution in [-0.4, -0.2) is 34.7 Å². The molecule has 1 aromatic carbocycles. The number of halogens is 1. The minimum Gasteiger partial charge on any atom is -0.383 e. The standard InChI is InChI=1S/C13H19BrN2O3S/c1-19-7-6-16-20(17,18)13-8-10(2-5-12(13)14)9-15-11-3-4-11/h2,5,8,11,15-16H,3-4,6-7,9H2,1H3. The van der Waals surface area contributed by atoms with Gasteiger partial charge in [0.25, 0.3) is 0 Å². The molecule has 0 radical (unpaired) electrons. The highest BCUT2D eigenvalue weighted by atomic mass is 79.9. The summed E-state index contributed by atoms with van der Waals surface area (Å²) in [5.41, 5.74) is 0.965. The van der Waals surface area contributed by atoms with Crippen LogP contribution in [0.4, 0.5) is 0 Å². The highest BCUT2D eigenvalue weighted by molar-refractivity contribution is 9.10. The summed E-state index contributed by atoms with van der Waals surface area (Å²) in [5, 5.41) is 3.37. The molecule has 2 rings (SSSR count). The van der Waals surface area contributed by atoms with Gasteiger partial charge in [0.1, 0.15) is 0 Å². The van der Waals surface area contributed by atoms with Crippen LogP contribution in [0.5, 0.6) is 0 Å². The molecule has 1 saturated carbocycles. The summed E-state index contributed by atoms with van der Waals surface area (Å²) in [7, 11) is -1.98. The molecule has 0 saturated heterocycles. The number of hydrogen-bond acceptors (Lipinski definition) is 4. The van der Waals surface area contributed by atoms with Crippen molar-refractivity contribution >= 4 is 26.0 Å². The Kier molecular flexibility index (Phi) is 5.57. The summed E-state index contributed by atoms with van der Waals surface area (Å²) in [5.74, 6) is 0. The van der Waals surface area contributed by atoms with E-state index >= 15 is 0 Å². The van der Waals surface area contributed by atoms with Gasteiger partial charge in [0, 0.05) is 30.7 Å². The molecule has 0 spiro atoms. The molecule has 0 amide bonds. The third-order valence-electron chi connectivity index (χ3n) is 3.06.